The molecule has 1 amide bonds. The summed E-state index contributed by atoms with van der Waals surface area (Å²) in [5.41, 5.74) is 2.48. The number of nitro groups is 1. The fourth-order valence-corrected chi connectivity index (χ4v) is 3.71. The van der Waals surface area contributed by atoms with Crippen molar-refractivity contribution in [2.45, 2.75) is 12.3 Å². The zero-order valence-corrected chi connectivity index (χ0v) is 12.7. The number of benzene rings is 2. The van der Waals surface area contributed by atoms with Gasteiger partial charge in [-0.1, -0.05) is 29.8 Å². The number of aryl methyl sites for hydroxylation is 1. The Hall–Kier alpha value is -2.34. The van der Waals surface area contributed by atoms with Crippen molar-refractivity contribution in [1.82, 2.24) is 0 Å². The Kier molecular flexibility index (Phi) is 3.85. The van der Waals surface area contributed by atoms with E-state index in [9.17, 15) is 14.9 Å². The van der Waals surface area contributed by atoms with E-state index in [1.54, 1.807) is 23.1 Å². The van der Waals surface area contributed by atoms with Gasteiger partial charge in [-0.25, -0.2) is 0 Å². The van der Waals surface area contributed by atoms with Crippen LogP contribution in [0.25, 0.3) is 0 Å². The van der Waals surface area contributed by atoms with Crippen molar-refractivity contribution in [3.8, 4) is 0 Å². The lowest BCUT2D eigenvalue weighted by molar-refractivity contribution is -0.385. The summed E-state index contributed by atoms with van der Waals surface area (Å²) in [4.78, 5) is 24.7. The van der Waals surface area contributed by atoms with Crippen molar-refractivity contribution in [2.24, 2.45) is 0 Å². The first-order valence-electron chi connectivity index (χ1n) is 6.81. The van der Waals surface area contributed by atoms with Crippen LogP contribution in [-0.4, -0.2) is 16.6 Å². The Balaban J connectivity index is 2.05. The maximum atomic E-state index is 12.3. The van der Waals surface area contributed by atoms with Gasteiger partial charge in [-0.2, -0.15) is 0 Å². The van der Waals surface area contributed by atoms with Crippen LogP contribution in [0.2, 0.25) is 0 Å². The summed E-state index contributed by atoms with van der Waals surface area (Å²) in [6.07, 6.45) is 0. The molecule has 1 aliphatic heterocycles. The van der Waals surface area contributed by atoms with E-state index in [1.165, 1.54) is 17.8 Å². The van der Waals surface area contributed by atoms with Crippen LogP contribution < -0.4 is 4.90 Å². The third-order valence-electron chi connectivity index (χ3n) is 3.58. The summed E-state index contributed by atoms with van der Waals surface area (Å²) in [6.45, 7) is 1.98. The molecule has 0 unspecified atom stereocenters. The van der Waals surface area contributed by atoms with Gasteiger partial charge in [0, 0.05) is 11.8 Å². The average molecular weight is 314 g/mol. The van der Waals surface area contributed by atoms with Gasteiger partial charge in [0.15, 0.2) is 0 Å². The first-order chi connectivity index (χ1) is 10.6. The highest BCUT2D eigenvalue weighted by molar-refractivity contribution is 8.00. The van der Waals surface area contributed by atoms with Crippen LogP contribution in [0.5, 0.6) is 0 Å². The lowest BCUT2D eigenvalue weighted by Gasteiger charge is -2.24. The van der Waals surface area contributed by atoms with Gasteiger partial charge in [0.2, 0.25) is 5.91 Å². The number of hydrogen-bond donors (Lipinski definition) is 0. The molecule has 0 aromatic heterocycles. The topological polar surface area (TPSA) is 63.5 Å². The second kappa shape index (κ2) is 5.81. The summed E-state index contributed by atoms with van der Waals surface area (Å²) < 4.78 is 0. The molecule has 0 radical (unpaired) electrons. The highest BCUT2D eigenvalue weighted by atomic mass is 32.2. The number of nitro benzene ring substituents is 1. The minimum Gasteiger partial charge on any atom is -0.295 e. The molecule has 6 heteroatoms. The van der Waals surface area contributed by atoms with Gasteiger partial charge in [-0.15, -0.1) is 11.8 Å². The fraction of sp³-hybridized carbons (Fsp3) is 0.188. The maximum absolute atomic E-state index is 12.3. The van der Waals surface area contributed by atoms with Gasteiger partial charge in [-0.05, 0) is 25.1 Å². The average Bonchev–Trinajstić information content (AvgIpc) is 2.90. The molecule has 0 spiro atoms. The van der Waals surface area contributed by atoms with Gasteiger partial charge in [0.05, 0.1) is 16.2 Å². The third kappa shape index (κ3) is 2.57. The standard InChI is InChI=1S/C16H14N2O3S/c1-11-6-8-12(9-7-11)17-15(19)10-22-16(17)13-4-2-3-5-14(13)18(20)21/h2-9,16H,10H2,1H3/t16-/m1/s1. The molecule has 1 saturated heterocycles. The van der Waals surface area contributed by atoms with Crippen LogP contribution in [-0.2, 0) is 4.79 Å². The minimum absolute atomic E-state index is 0.0306. The summed E-state index contributed by atoms with van der Waals surface area (Å²) in [7, 11) is 0. The molecule has 2 aromatic rings. The largest absolute Gasteiger partial charge is 0.295 e. The molecule has 5 nitrogen and oxygen atoms in total. The number of rotatable bonds is 3. The van der Waals surface area contributed by atoms with Crippen LogP contribution in [0.15, 0.2) is 48.5 Å². The van der Waals surface area contributed by atoms with E-state index < -0.39 is 4.92 Å². The number of hydrogen-bond acceptors (Lipinski definition) is 4. The molecular weight excluding hydrogens is 300 g/mol. The number of thioether (sulfide) groups is 1. The normalized spacial score (nSPS) is 17.8. The van der Waals surface area contributed by atoms with Crippen molar-refractivity contribution in [1.29, 1.82) is 0 Å². The number of carbonyl (C=O) groups excluding carboxylic acids is 1. The smallest absolute Gasteiger partial charge is 0.275 e. The lowest BCUT2D eigenvalue weighted by Crippen LogP contribution is -2.28. The van der Waals surface area contributed by atoms with Crippen LogP contribution in [0.3, 0.4) is 0 Å². The second-order valence-electron chi connectivity index (χ2n) is 5.08. The number of amides is 1. The van der Waals surface area contributed by atoms with E-state index in [4.69, 9.17) is 0 Å². The van der Waals surface area contributed by atoms with E-state index >= 15 is 0 Å². The number of nitrogens with zero attached hydrogens (tertiary/aromatic N) is 2. The fourth-order valence-electron chi connectivity index (χ4n) is 2.50. The number of anilines is 1. The Morgan fingerprint density at radius 3 is 2.55 bits per heavy atom. The Bertz CT molecular complexity index is 730. The second-order valence-corrected chi connectivity index (χ2v) is 6.15. The van der Waals surface area contributed by atoms with Crippen molar-refractivity contribution in [3.05, 3.63) is 69.8 Å². The summed E-state index contributed by atoms with van der Waals surface area (Å²) in [5.74, 6) is 0.293. The van der Waals surface area contributed by atoms with Crippen molar-refractivity contribution < 1.29 is 9.72 Å². The molecule has 0 aliphatic carbocycles. The quantitative estimate of drug-likeness (QED) is 0.640. The molecule has 0 N–H and O–H groups in total. The van der Waals surface area contributed by atoms with E-state index in [0.717, 1.165) is 11.3 Å². The number of carbonyl (C=O) groups is 1. The van der Waals surface area contributed by atoms with Crippen molar-refractivity contribution >= 4 is 29.0 Å². The zero-order chi connectivity index (χ0) is 15.7. The summed E-state index contributed by atoms with van der Waals surface area (Å²) in [6, 6.07) is 14.2. The van der Waals surface area contributed by atoms with Crippen LogP contribution in [0.1, 0.15) is 16.5 Å². The molecule has 3 rings (SSSR count). The molecule has 0 saturated carbocycles. The monoisotopic (exact) mass is 314 g/mol. The summed E-state index contributed by atoms with van der Waals surface area (Å²) in [5, 5.41) is 10.9. The van der Waals surface area contributed by atoms with Crippen molar-refractivity contribution in [3.63, 3.8) is 0 Å². The van der Waals surface area contributed by atoms with Gasteiger partial charge in [0.1, 0.15) is 5.37 Å². The molecule has 112 valence electrons. The molecule has 1 atom stereocenters. The maximum Gasteiger partial charge on any atom is 0.275 e. The van der Waals surface area contributed by atoms with Crippen molar-refractivity contribution in [2.75, 3.05) is 10.7 Å². The molecule has 0 bridgehead atoms. The molecular formula is C16H14N2O3S. The van der Waals surface area contributed by atoms with Crippen LogP contribution >= 0.6 is 11.8 Å². The molecule has 22 heavy (non-hydrogen) atoms. The highest BCUT2D eigenvalue weighted by Gasteiger charge is 2.37. The zero-order valence-electron chi connectivity index (χ0n) is 11.9. The minimum atomic E-state index is -0.397. The molecule has 1 heterocycles. The van der Waals surface area contributed by atoms with E-state index in [1.807, 2.05) is 31.2 Å². The predicted octanol–water partition coefficient (Wildman–Crippen LogP) is 3.68. The van der Waals surface area contributed by atoms with E-state index in [-0.39, 0.29) is 17.0 Å². The van der Waals surface area contributed by atoms with Gasteiger partial charge >= 0.3 is 0 Å². The number of para-hydroxylation sites is 1. The predicted molar refractivity (Wildman–Crippen MR) is 87.0 cm³/mol. The highest BCUT2D eigenvalue weighted by Crippen LogP contribution is 2.44. The summed E-state index contributed by atoms with van der Waals surface area (Å²) >= 11 is 1.41. The molecule has 2 aromatic carbocycles. The third-order valence-corrected chi connectivity index (χ3v) is 4.77. The van der Waals surface area contributed by atoms with Gasteiger partial charge in [0.25, 0.3) is 5.69 Å². The Labute approximate surface area is 132 Å². The SMILES string of the molecule is Cc1ccc(N2C(=O)CS[C@@H]2c2ccccc2[N+](=O)[O-])cc1. The lowest BCUT2D eigenvalue weighted by atomic mass is 10.1. The molecule has 1 aliphatic rings. The first kappa shape index (κ1) is 14.6. The van der Waals surface area contributed by atoms with Crippen LogP contribution in [0.4, 0.5) is 11.4 Å². The van der Waals surface area contributed by atoms with Crippen LogP contribution in [0, 0.1) is 17.0 Å². The first-order valence-corrected chi connectivity index (χ1v) is 7.86. The Morgan fingerprint density at radius 2 is 1.86 bits per heavy atom. The van der Waals surface area contributed by atoms with E-state index in [2.05, 4.69) is 0 Å². The Morgan fingerprint density at radius 1 is 1.18 bits per heavy atom. The van der Waals surface area contributed by atoms with Gasteiger partial charge < -0.3 is 0 Å². The van der Waals surface area contributed by atoms with E-state index in [0.29, 0.717) is 11.3 Å². The van der Waals surface area contributed by atoms with Gasteiger partial charge in [-0.3, -0.25) is 19.8 Å². The molecule has 1 fully saturated rings.